The lowest BCUT2D eigenvalue weighted by atomic mass is 9.71. The molecule has 0 aliphatic carbocycles. The maximum absolute atomic E-state index is 14.1. The first-order valence-electron chi connectivity index (χ1n) is 11.4. The zero-order chi connectivity index (χ0) is 24.2. The number of ketones is 1. The molecule has 2 unspecified atom stereocenters. The van der Waals surface area contributed by atoms with Crippen LogP contribution in [0.4, 0.5) is 0 Å². The standard InChI is InChI=1S/C30H28O3S/c1-29(2,3)33-28(32)30(21-13-12-16-22-14-6-4-7-15-22)26(31)24-19-10-11-20-25(24)34-27(30)23-17-8-5-9-18-23/h4-11,13-20,27H,21H2,1-3H3. The topological polar surface area (TPSA) is 43.4 Å². The molecule has 0 bridgehead atoms. The average molecular weight is 469 g/mol. The lowest BCUT2D eigenvalue weighted by molar-refractivity contribution is -0.164. The molecule has 3 nitrogen and oxygen atoms in total. The van der Waals surface area contributed by atoms with Gasteiger partial charge in [-0.2, -0.15) is 0 Å². The van der Waals surface area contributed by atoms with Crippen LogP contribution in [0, 0.1) is 5.41 Å². The fourth-order valence-electron chi connectivity index (χ4n) is 4.10. The van der Waals surface area contributed by atoms with Crippen molar-refractivity contribution in [2.75, 3.05) is 0 Å². The van der Waals surface area contributed by atoms with Gasteiger partial charge in [-0.25, -0.2) is 0 Å². The predicted molar refractivity (Wildman–Crippen MR) is 138 cm³/mol. The molecule has 4 rings (SSSR count). The van der Waals surface area contributed by atoms with Crippen molar-refractivity contribution in [3.8, 4) is 0 Å². The van der Waals surface area contributed by atoms with E-state index in [1.54, 1.807) is 23.9 Å². The Morgan fingerprint density at radius 3 is 2.26 bits per heavy atom. The molecule has 0 spiro atoms. The summed E-state index contributed by atoms with van der Waals surface area (Å²) in [5, 5.41) is -0.430. The van der Waals surface area contributed by atoms with E-state index in [2.05, 4.69) is 5.73 Å². The first-order chi connectivity index (χ1) is 16.3. The van der Waals surface area contributed by atoms with Gasteiger partial charge in [0.25, 0.3) is 0 Å². The summed E-state index contributed by atoms with van der Waals surface area (Å²) in [6.07, 6.45) is 3.83. The number of hydrogen-bond donors (Lipinski definition) is 0. The number of hydrogen-bond acceptors (Lipinski definition) is 4. The van der Waals surface area contributed by atoms with Gasteiger partial charge in [0.1, 0.15) is 5.60 Å². The molecule has 0 amide bonds. The summed E-state index contributed by atoms with van der Waals surface area (Å²) in [6.45, 7) is 5.49. The molecule has 3 aromatic rings. The van der Waals surface area contributed by atoms with Gasteiger partial charge >= 0.3 is 5.97 Å². The summed E-state index contributed by atoms with van der Waals surface area (Å²) < 4.78 is 5.90. The highest BCUT2D eigenvalue weighted by Gasteiger charge is 2.57. The van der Waals surface area contributed by atoms with E-state index in [-0.39, 0.29) is 12.2 Å². The van der Waals surface area contributed by atoms with E-state index in [9.17, 15) is 9.59 Å². The first-order valence-corrected chi connectivity index (χ1v) is 12.2. The van der Waals surface area contributed by atoms with Crippen LogP contribution < -0.4 is 0 Å². The highest BCUT2D eigenvalue weighted by atomic mass is 32.2. The Hall–Kier alpha value is -3.33. The van der Waals surface area contributed by atoms with Crippen LogP contribution in [0.3, 0.4) is 0 Å². The van der Waals surface area contributed by atoms with Gasteiger partial charge in [-0.15, -0.1) is 17.5 Å². The summed E-state index contributed by atoms with van der Waals surface area (Å²) >= 11 is 1.55. The third-order valence-corrected chi connectivity index (χ3v) is 7.21. The van der Waals surface area contributed by atoms with Crippen molar-refractivity contribution in [3.05, 3.63) is 113 Å². The Bertz CT molecular complexity index is 1230. The van der Waals surface area contributed by atoms with Crippen LogP contribution in [0.25, 0.3) is 6.08 Å². The Kier molecular flexibility index (Phi) is 6.92. The molecule has 0 radical (unpaired) electrons. The molecule has 0 saturated heterocycles. The van der Waals surface area contributed by atoms with Crippen LogP contribution in [0.15, 0.2) is 102 Å². The summed E-state index contributed by atoms with van der Waals surface area (Å²) in [5.41, 5.74) is 3.53. The Morgan fingerprint density at radius 1 is 0.971 bits per heavy atom. The Labute approximate surface area is 205 Å². The number of allylic oxidation sites excluding steroid dienone is 1. The molecule has 0 aromatic heterocycles. The predicted octanol–water partition coefficient (Wildman–Crippen LogP) is 7.30. The number of esters is 1. The Balaban J connectivity index is 1.85. The van der Waals surface area contributed by atoms with Gasteiger partial charge < -0.3 is 4.74 Å². The van der Waals surface area contributed by atoms with Gasteiger partial charge in [0.2, 0.25) is 0 Å². The van der Waals surface area contributed by atoms with Gasteiger partial charge in [-0.1, -0.05) is 78.9 Å². The second kappa shape index (κ2) is 9.89. The van der Waals surface area contributed by atoms with E-state index < -0.39 is 22.2 Å². The van der Waals surface area contributed by atoms with Crippen LogP contribution in [0.1, 0.15) is 53.9 Å². The van der Waals surface area contributed by atoms with Gasteiger partial charge in [0, 0.05) is 10.5 Å². The van der Waals surface area contributed by atoms with Crippen molar-refractivity contribution >= 4 is 29.6 Å². The first kappa shape index (κ1) is 23.8. The maximum atomic E-state index is 14.1. The van der Waals surface area contributed by atoms with E-state index in [1.165, 1.54) is 0 Å². The molecule has 1 aliphatic heterocycles. The summed E-state index contributed by atoms with van der Waals surface area (Å²) in [5.74, 6) is -0.707. The van der Waals surface area contributed by atoms with E-state index in [0.29, 0.717) is 5.56 Å². The quantitative estimate of drug-likeness (QED) is 0.224. The normalized spacial score (nSPS) is 19.5. The number of carbonyl (C=O) groups excluding carboxylic acids is 2. The third-order valence-electron chi connectivity index (χ3n) is 5.69. The maximum Gasteiger partial charge on any atom is 0.322 e. The zero-order valence-corrected chi connectivity index (χ0v) is 20.5. The summed E-state index contributed by atoms with van der Waals surface area (Å²) in [4.78, 5) is 28.9. The molecule has 1 heterocycles. The minimum atomic E-state index is -1.41. The molecule has 4 heteroatoms. The summed E-state index contributed by atoms with van der Waals surface area (Å²) in [6, 6.07) is 27.1. The molecular formula is C30H28O3S. The molecule has 0 N–H and O–H groups in total. The van der Waals surface area contributed by atoms with Crippen LogP contribution in [-0.4, -0.2) is 17.4 Å². The number of rotatable bonds is 5. The van der Waals surface area contributed by atoms with Crippen molar-refractivity contribution in [3.63, 3.8) is 0 Å². The SMILES string of the molecule is CC(C)(C)OC(=O)C1(CC=C=Cc2ccccc2)C(=O)c2ccccc2SC1c1ccccc1. The highest BCUT2D eigenvalue weighted by Crippen LogP contribution is 2.57. The lowest BCUT2D eigenvalue weighted by Gasteiger charge is -2.41. The number of fused-ring (bicyclic) bond motifs is 1. The average Bonchev–Trinajstić information content (AvgIpc) is 2.83. The van der Waals surface area contributed by atoms with Gasteiger partial charge in [-0.3, -0.25) is 9.59 Å². The number of Topliss-reactive ketones (excluding diaryl/α,β-unsaturated/α-hetero) is 1. The number of carbonyl (C=O) groups is 2. The molecule has 0 fully saturated rings. The monoisotopic (exact) mass is 468 g/mol. The lowest BCUT2D eigenvalue weighted by Crippen LogP contribution is -2.48. The summed E-state index contributed by atoms with van der Waals surface area (Å²) in [7, 11) is 0. The van der Waals surface area contributed by atoms with Crippen molar-refractivity contribution in [1.82, 2.24) is 0 Å². The molecule has 0 saturated carbocycles. The molecule has 1 aliphatic rings. The second-order valence-electron chi connectivity index (χ2n) is 9.34. The fourth-order valence-corrected chi connectivity index (χ4v) is 5.59. The highest BCUT2D eigenvalue weighted by molar-refractivity contribution is 7.99. The number of benzene rings is 3. The van der Waals surface area contributed by atoms with E-state index in [4.69, 9.17) is 4.74 Å². The van der Waals surface area contributed by atoms with Crippen molar-refractivity contribution in [1.29, 1.82) is 0 Å². The smallest absolute Gasteiger partial charge is 0.322 e. The molecular weight excluding hydrogens is 440 g/mol. The van der Waals surface area contributed by atoms with Crippen LogP contribution in [-0.2, 0) is 9.53 Å². The molecule has 3 aromatic carbocycles. The zero-order valence-electron chi connectivity index (χ0n) is 19.7. The van der Waals surface area contributed by atoms with Crippen LogP contribution in [0.2, 0.25) is 0 Å². The van der Waals surface area contributed by atoms with E-state index in [0.717, 1.165) is 16.0 Å². The number of ether oxygens (including phenoxy) is 1. The van der Waals surface area contributed by atoms with E-state index >= 15 is 0 Å². The van der Waals surface area contributed by atoms with Gasteiger partial charge in [0.05, 0.1) is 5.25 Å². The molecule has 2 atom stereocenters. The van der Waals surface area contributed by atoms with Gasteiger partial charge in [-0.05, 0) is 56.5 Å². The fraction of sp³-hybridized carbons (Fsp3) is 0.233. The third kappa shape index (κ3) is 4.94. The minimum Gasteiger partial charge on any atom is -0.459 e. The van der Waals surface area contributed by atoms with Crippen molar-refractivity contribution < 1.29 is 14.3 Å². The van der Waals surface area contributed by atoms with Crippen molar-refractivity contribution in [2.45, 2.75) is 42.9 Å². The minimum absolute atomic E-state index is 0.185. The second-order valence-corrected chi connectivity index (χ2v) is 10.5. The number of thioether (sulfide) groups is 1. The van der Waals surface area contributed by atoms with Crippen LogP contribution >= 0.6 is 11.8 Å². The largest absolute Gasteiger partial charge is 0.459 e. The van der Waals surface area contributed by atoms with E-state index in [1.807, 2.05) is 106 Å². The Morgan fingerprint density at radius 2 is 1.59 bits per heavy atom. The van der Waals surface area contributed by atoms with Crippen LogP contribution in [0.5, 0.6) is 0 Å². The molecule has 34 heavy (non-hydrogen) atoms. The molecule has 172 valence electrons. The van der Waals surface area contributed by atoms with Gasteiger partial charge in [0.15, 0.2) is 11.2 Å². The van der Waals surface area contributed by atoms with Crippen molar-refractivity contribution in [2.24, 2.45) is 5.41 Å².